The molecule has 0 aromatic carbocycles. The lowest BCUT2D eigenvalue weighted by Crippen LogP contribution is -2.47. The zero-order valence-electron chi connectivity index (χ0n) is 9.84. The van der Waals surface area contributed by atoms with E-state index >= 15 is 0 Å². The quantitative estimate of drug-likeness (QED) is 0.124. The summed E-state index contributed by atoms with van der Waals surface area (Å²) in [4.78, 5) is 27.1. The number of phosphoric acid groups is 1. The lowest BCUT2D eigenvalue weighted by atomic mass is 10.1. The van der Waals surface area contributed by atoms with E-state index < -0.39 is 38.6 Å². The summed E-state index contributed by atoms with van der Waals surface area (Å²) in [5, 5.41) is 48.2. The Morgan fingerprint density at radius 2 is 1.55 bits per heavy atom. The van der Waals surface area contributed by atoms with Crippen LogP contribution in [-0.2, 0) is 13.9 Å². The highest BCUT2D eigenvalue weighted by molar-refractivity contribution is 7.46. The van der Waals surface area contributed by atoms with Crippen molar-refractivity contribution in [2.75, 3.05) is 6.61 Å². The van der Waals surface area contributed by atoms with Crippen LogP contribution in [0.2, 0.25) is 0 Å². The van der Waals surface area contributed by atoms with Gasteiger partial charge in [-0.25, -0.2) is 21.8 Å². The minimum atomic E-state index is -4.82. The summed E-state index contributed by atoms with van der Waals surface area (Å²) in [5.41, 5.74) is 1.02. The SMILES string of the molecule is NO.NO.O=C(NO)[C@H](O)[C@H](O)[C@H](O)COP(=O)(O)O. The zero-order chi connectivity index (χ0) is 16.9. The Morgan fingerprint density at radius 1 is 1.15 bits per heavy atom. The third kappa shape index (κ3) is 12.3. The molecule has 0 aliphatic rings. The van der Waals surface area contributed by atoms with Crippen LogP contribution in [0.3, 0.4) is 0 Å². The Balaban J connectivity index is -0.000000656. The van der Waals surface area contributed by atoms with Gasteiger partial charge in [0.1, 0.15) is 12.2 Å². The van der Waals surface area contributed by atoms with Crippen molar-refractivity contribution in [2.24, 2.45) is 11.8 Å². The van der Waals surface area contributed by atoms with Crippen LogP contribution in [0.1, 0.15) is 0 Å². The molecule has 0 heterocycles. The third-order valence-corrected chi connectivity index (χ3v) is 2.00. The smallest absolute Gasteiger partial charge is 0.388 e. The van der Waals surface area contributed by atoms with Crippen LogP contribution >= 0.6 is 7.82 Å². The molecule has 0 rings (SSSR count). The number of aliphatic hydroxyl groups excluding tert-OH is 3. The van der Waals surface area contributed by atoms with Gasteiger partial charge in [-0.1, -0.05) is 0 Å². The molecule has 0 unspecified atom stereocenters. The number of carbonyl (C=O) groups is 1. The molecule has 0 aromatic rings. The molecule has 0 aliphatic heterocycles. The largest absolute Gasteiger partial charge is 0.469 e. The topological polar surface area (TPSA) is 269 Å². The Morgan fingerprint density at radius 3 is 1.85 bits per heavy atom. The molecule has 0 bridgehead atoms. The second-order valence-electron chi connectivity index (χ2n) is 2.77. The molecular formula is C5H18N3O11P. The monoisotopic (exact) mass is 327 g/mol. The number of phosphoric ester groups is 1. The zero-order valence-corrected chi connectivity index (χ0v) is 10.7. The Kier molecular flexibility index (Phi) is 16.1. The fraction of sp³-hybridized carbons (Fsp3) is 0.800. The molecule has 15 heteroatoms. The van der Waals surface area contributed by atoms with Gasteiger partial charge in [-0.05, 0) is 0 Å². The lowest BCUT2D eigenvalue weighted by molar-refractivity contribution is -0.150. The Bertz CT molecular complexity index is 285. The molecule has 20 heavy (non-hydrogen) atoms. The standard InChI is InChI=1S/C5H12NO9P.2H3NO/c7-2(1-15-16(12,13)14)3(8)4(9)5(10)6-11;2*1-2/h2-4,7-9,11H,1H2,(H,6,10)(H2,12,13,14);2*2H,1H2/t2-,3-,4-;;/m1../s1. The van der Waals surface area contributed by atoms with E-state index in [2.05, 4.69) is 16.3 Å². The number of carbonyl (C=O) groups excluding carboxylic acids is 1. The second-order valence-corrected chi connectivity index (χ2v) is 4.00. The fourth-order valence-corrected chi connectivity index (χ4v) is 1.05. The number of nitrogens with one attached hydrogen (secondary N) is 1. The maximum Gasteiger partial charge on any atom is 0.469 e. The van der Waals surface area contributed by atoms with Crippen LogP contribution in [0, 0.1) is 0 Å². The van der Waals surface area contributed by atoms with Gasteiger partial charge < -0.3 is 35.5 Å². The Labute approximate surface area is 111 Å². The summed E-state index contributed by atoms with van der Waals surface area (Å²) in [7, 11) is -4.82. The summed E-state index contributed by atoms with van der Waals surface area (Å²) < 4.78 is 14.0. The van der Waals surface area contributed by atoms with E-state index in [-0.39, 0.29) is 0 Å². The van der Waals surface area contributed by atoms with Crippen molar-refractivity contribution < 1.29 is 54.6 Å². The van der Waals surface area contributed by atoms with Crippen molar-refractivity contribution in [1.82, 2.24) is 5.48 Å². The molecule has 124 valence electrons. The van der Waals surface area contributed by atoms with Crippen molar-refractivity contribution in [3.05, 3.63) is 0 Å². The average Bonchev–Trinajstić information content (AvgIpc) is 2.45. The van der Waals surface area contributed by atoms with Crippen molar-refractivity contribution in [1.29, 1.82) is 0 Å². The van der Waals surface area contributed by atoms with E-state index in [1.807, 2.05) is 0 Å². The summed E-state index contributed by atoms with van der Waals surface area (Å²) in [6.45, 7) is -0.999. The minimum Gasteiger partial charge on any atom is -0.388 e. The van der Waals surface area contributed by atoms with Gasteiger partial charge in [-0.2, -0.15) is 0 Å². The van der Waals surface area contributed by atoms with Crippen LogP contribution in [-0.4, -0.2) is 71.6 Å². The van der Waals surface area contributed by atoms with Gasteiger partial charge in [0.25, 0.3) is 5.91 Å². The summed E-state index contributed by atoms with van der Waals surface area (Å²) >= 11 is 0. The van der Waals surface area contributed by atoms with Crippen molar-refractivity contribution >= 4 is 13.7 Å². The first-order valence-electron chi connectivity index (χ1n) is 4.39. The summed E-state index contributed by atoms with van der Waals surface area (Å²) in [5.74, 6) is 5.61. The first kappa shape index (κ1) is 24.3. The van der Waals surface area contributed by atoms with Crippen LogP contribution in [0.25, 0.3) is 0 Å². The van der Waals surface area contributed by atoms with Crippen molar-refractivity contribution in [3.63, 3.8) is 0 Å². The molecule has 3 atom stereocenters. The van der Waals surface area contributed by atoms with E-state index in [0.717, 1.165) is 5.48 Å². The van der Waals surface area contributed by atoms with Crippen molar-refractivity contribution in [3.8, 4) is 0 Å². The highest BCUT2D eigenvalue weighted by Gasteiger charge is 2.31. The van der Waals surface area contributed by atoms with Crippen LogP contribution < -0.4 is 17.3 Å². The summed E-state index contributed by atoms with van der Waals surface area (Å²) in [6.07, 6.45) is -6.15. The average molecular weight is 327 g/mol. The number of nitrogens with two attached hydrogens (primary N) is 2. The highest BCUT2D eigenvalue weighted by Crippen LogP contribution is 2.35. The van der Waals surface area contributed by atoms with Crippen LogP contribution in [0.15, 0.2) is 0 Å². The number of rotatable bonds is 6. The number of aliphatic hydroxyl groups is 3. The van der Waals surface area contributed by atoms with E-state index in [9.17, 15) is 9.36 Å². The molecular weight excluding hydrogens is 309 g/mol. The fourth-order valence-electron chi connectivity index (χ4n) is 0.704. The third-order valence-electron chi connectivity index (χ3n) is 1.51. The molecule has 14 nitrogen and oxygen atoms in total. The van der Waals surface area contributed by atoms with Gasteiger partial charge >= 0.3 is 7.82 Å². The molecule has 0 aliphatic carbocycles. The van der Waals surface area contributed by atoms with Gasteiger partial charge in [0, 0.05) is 0 Å². The number of hydroxylamine groups is 1. The van der Waals surface area contributed by atoms with Crippen LogP contribution in [0.5, 0.6) is 0 Å². The van der Waals surface area contributed by atoms with Crippen molar-refractivity contribution in [2.45, 2.75) is 18.3 Å². The maximum atomic E-state index is 10.6. The number of amides is 1. The van der Waals surface area contributed by atoms with Gasteiger partial charge in [0.15, 0.2) is 6.10 Å². The predicted molar refractivity (Wildman–Crippen MR) is 57.9 cm³/mol. The number of hydrogen-bond acceptors (Lipinski definition) is 11. The molecule has 0 fully saturated rings. The molecule has 0 saturated carbocycles. The first-order valence-corrected chi connectivity index (χ1v) is 5.92. The van der Waals surface area contributed by atoms with E-state index in [1.165, 1.54) is 0 Å². The molecule has 0 radical (unpaired) electrons. The van der Waals surface area contributed by atoms with Gasteiger partial charge in [0.05, 0.1) is 6.61 Å². The number of hydrogen-bond donors (Lipinski definition) is 11. The molecule has 0 saturated heterocycles. The molecule has 0 aromatic heterocycles. The van der Waals surface area contributed by atoms with E-state index in [4.69, 9.17) is 40.7 Å². The normalized spacial score (nSPS) is 14.7. The van der Waals surface area contributed by atoms with Gasteiger partial charge in [0.2, 0.25) is 0 Å². The second kappa shape index (κ2) is 13.3. The minimum absolute atomic E-state index is 0.999. The molecule has 0 spiro atoms. The van der Waals surface area contributed by atoms with E-state index in [0.29, 0.717) is 0 Å². The first-order chi connectivity index (χ1) is 9.19. The Hall–Kier alpha value is -0.740. The lowest BCUT2D eigenvalue weighted by Gasteiger charge is -2.21. The molecule has 1 amide bonds. The predicted octanol–water partition coefficient (Wildman–Crippen LogP) is -4.65. The summed E-state index contributed by atoms with van der Waals surface area (Å²) in [6, 6.07) is 0. The van der Waals surface area contributed by atoms with Crippen LogP contribution in [0.4, 0.5) is 0 Å². The van der Waals surface area contributed by atoms with Gasteiger partial charge in [-0.15, -0.1) is 0 Å². The highest BCUT2D eigenvalue weighted by atomic mass is 31.2. The maximum absolute atomic E-state index is 10.6. The molecule has 13 N–H and O–H groups in total. The van der Waals surface area contributed by atoms with Gasteiger partial charge in [-0.3, -0.25) is 14.5 Å². The van der Waals surface area contributed by atoms with E-state index in [1.54, 1.807) is 0 Å².